The maximum atomic E-state index is 12.2. The van der Waals surface area contributed by atoms with Crippen LogP contribution in [0.3, 0.4) is 0 Å². The number of hydrogen-bond acceptors (Lipinski definition) is 5. The van der Waals surface area contributed by atoms with Crippen molar-refractivity contribution in [3.8, 4) is 0 Å². The minimum absolute atomic E-state index is 0.121. The SMILES string of the molecule is O=C(COC(=O)CN1CCSC1=O)Nc1ccccc1Cc1ccccc1. The van der Waals surface area contributed by atoms with Gasteiger partial charge in [0.1, 0.15) is 6.54 Å². The quantitative estimate of drug-likeness (QED) is 0.743. The molecule has 2 aromatic rings. The summed E-state index contributed by atoms with van der Waals surface area (Å²) in [4.78, 5) is 36.8. The molecule has 0 atom stereocenters. The summed E-state index contributed by atoms with van der Waals surface area (Å²) in [6, 6.07) is 17.5. The van der Waals surface area contributed by atoms with Gasteiger partial charge in [0.2, 0.25) is 0 Å². The van der Waals surface area contributed by atoms with Crippen molar-refractivity contribution in [3.63, 3.8) is 0 Å². The summed E-state index contributed by atoms with van der Waals surface area (Å²) in [6.45, 7) is 0.0229. The van der Waals surface area contributed by atoms with E-state index in [1.807, 2.05) is 54.6 Å². The second-order valence-electron chi connectivity index (χ2n) is 6.06. The summed E-state index contributed by atoms with van der Waals surface area (Å²) in [6.07, 6.45) is 0.686. The minimum atomic E-state index is -0.585. The fraction of sp³-hybridized carbons (Fsp3) is 0.250. The van der Waals surface area contributed by atoms with Crippen LogP contribution in [0.1, 0.15) is 11.1 Å². The number of ether oxygens (including phenoxy) is 1. The lowest BCUT2D eigenvalue weighted by molar-refractivity contribution is -0.147. The summed E-state index contributed by atoms with van der Waals surface area (Å²) in [5.74, 6) is -0.324. The second kappa shape index (κ2) is 9.23. The zero-order valence-electron chi connectivity index (χ0n) is 14.7. The van der Waals surface area contributed by atoms with E-state index in [9.17, 15) is 14.4 Å². The predicted octanol–water partition coefficient (Wildman–Crippen LogP) is 2.93. The molecule has 0 saturated carbocycles. The molecule has 0 aliphatic carbocycles. The topological polar surface area (TPSA) is 75.7 Å². The van der Waals surface area contributed by atoms with Gasteiger partial charge in [-0.15, -0.1) is 0 Å². The van der Waals surface area contributed by atoms with Gasteiger partial charge >= 0.3 is 5.97 Å². The van der Waals surface area contributed by atoms with Crippen molar-refractivity contribution in [2.45, 2.75) is 6.42 Å². The molecule has 1 fully saturated rings. The molecule has 0 aromatic heterocycles. The zero-order valence-corrected chi connectivity index (χ0v) is 15.5. The van der Waals surface area contributed by atoms with Crippen LogP contribution in [0.4, 0.5) is 10.5 Å². The first-order valence-corrected chi connectivity index (χ1v) is 9.59. The van der Waals surface area contributed by atoms with E-state index in [2.05, 4.69) is 5.32 Å². The number of esters is 1. The van der Waals surface area contributed by atoms with Crippen molar-refractivity contribution in [2.75, 3.05) is 30.8 Å². The summed E-state index contributed by atoms with van der Waals surface area (Å²) >= 11 is 1.18. The van der Waals surface area contributed by atoms with Crippen LogP contribution in [0.15, 0.2) is 54.6 Å². The van der Waals surface area contributed by atoms with Gasteiger partial charge in [-0.25, -0.2) is 0 Å². The van der Waals surface area contributed by atoms with Crippen LogP contribution in [0.25, 0.3) is 0 Å². The molecule has 6 nitrogen and oxygen atoms in total. The van der Waals surface area contributed by atoms with Crippen LogP contribution >= 0.6 is 11.8 Å². The number of carbonyl (C=O) groups excluding carboxylic acids is 3. The highest BCUT2D eigenvalue weighted by molar-refractivity contribution is 8.13. The summed E-state index contributed by atoms with van der Waals surface area (Å²) in [5, 5.41) is 2.65. The molecule has 1 heterocycles. The van der Waals surface area contributed by atoms with Crippen molar-refractivity contribution in [2.24, 2.45) is 0 Å². The van der Waals surface area contributed by atoms with Crippen molar-refractivity contribution in [1.29, 1.82) is 0 Å². The maximum absolute atomic E-state index is 12.2. The fourth-order valence-electron chi connectivity index (χ4n) is 2.72. The lowest BCUT2D eigenvalue weighted by Gasteiger charge is -2.14. The van der Waals surface area contributed by atoms with Gasteiger partial charge in [-0.05, 0) is 23.6 Å². The van der Waals surface area contributed by atoms with Gasteiger partial charge in [-0.2, -0.15) is 0 Å². The molecule has 7 heteroatoms. The summed E-state index contributed by atoms with van der Waals surface area (Å²) in [7, 11) is 0. The van der Waals surface area contributed by atoms with E-state index >= 15 is 0 Å². The van der Waals surface area contributed by atoms with Gasteiger partial charge in [-0.3, -0.25) is 14.4 Å². The van der Waals surface area contributed by atoms with Crippen molar-refractivity contribution in [3.05, 3.63) is 65.7 Å². The summed E-state index contributed by atoms with van der Waals surface area (Å²) in [5.41, 5.74) is 2.80. The number of nitrogens with one attached hydrogen (secondary N) is 1. The molecule has 140 valence electrons. The van der Waals surface area contributed by atoms with E-state index < -0.39 is 11.9 Å². The Balaban J connectivity index is 1.52. The van der Waals surface area contributed by atoms with Crippen LogP contribution in [-0.4, -0.2) is 47.5 Å². The lowest BCUT2D eigenvalue weighted by atomic mass is 10.0. The van der Waals surface area contributed by atoms with Crippen molar-refractivity contribution in [1.82, 2.24) is 4.90 Å². The van der Waals surface area contributed by atoms with Crippen LogP contribution in [0.2, 0.25) is 0 Å². The molecule has 1 N–H and O–H groups in total. The average molecular weight is 384 g/mol. The van der Waals surface area contributed by atoms with E-state index in [1.165, 1.54) is 16.7 Å². The Morgan fingerprint density at radius 1 is 1.07 bits per heavy atom. The third-order valence-electron chi connectivity index (χ3n) is 4.06. The van der Waals surface area contributed by atoms with E-state index in [0.717, 1.165) is 11.1 Å². The molecule has 1 aliphatic heterocycles. The molecular formula is C20H20N2O4S. The second-order valence-corrected chi connectivity index (χ2v) is 7.11. The molecule has 0 radical (unpaired) electrons. The molecular weight excluding hydrogens is 364 g/mol. The normalized spacial score (nSPS) is 13.5. The molecule has 27 heavy (non-hydrogen) atoms. The first-order chi connectivity index (χ1) is 13.1. The molecule has 1 saturated heterocycles. The largest absolute Gasteiger partial charge is 0.454 e. The Hall–Kier alpha value is -2.80. The van der Waals surface area contributed by atoms with Gasteiger partial charge in [0.05, 0.1) is 0 Å². The highest BCUT2D eigenvalue weighted by atomic mass is 32.2. The molecule has 2 aromatic carbocycles. The minimum Gasteiger partial charge on any atom is -0.454 e. The predicted molar refractivity (Wildman–Crippen MR) is 105 cm³/mol. The van der Waals surface area contributed by atoms with Crippen LogP contribution in [0, 0.1) is 0 Å². The Labute approximate surface area is 161 Å². The number of nitrogens with zero attached hydrogens (tertiary/aromatic N) is 1. The van der Waals surface area contributed by atoms with Gasteiger partial charge in [-0.1, -0.05) is 60.3 Å². The third kappa shape index (κ3) is 5.59. The van der Waals surface area contributed by atoms with Crippen LogP contribution in [-0.2, 0) is 20.7 Å². The molecule has 2 amide bonds. The Kier molecular flexibility index (Phi) is 6.49. The first-order valence-electron chi connectivity index (χ1n) is 8.61. The number of amides is 2. The van der Waals surface area contributed by atoms with E-state index in [4.69, 9.17) is 4.74 Å². The number of rotatable bonds is 7. The van der Waals surface area contributed by atoms with Crippen molar-refractivity contribution >= 4 is 34.6 Å². The molecule has 0 spiro atoms. The molecule has 0 unspecified atom stereocenters. The fourth-order valence-corrected chi connectivity index (χ4v) is 3.54. The van der Waals surface area contributed by atoms with E-state index in [1.54, 1.807) is 0 Å². The number of hydrogen-bond donors (Lipinski definition) is 1. The molecule has 0 bridgehead atoms. The zero-order chi connectivity index (χ0) is 19.1. The highest BCUT2D eigenvalue weighted by Gasteiger charge is 2.24. The first kappa shape index (κ1) is 19.0. The number of para-hydroxylation sites is 1. The van der Waals surface area contributed by atoms with Gasteiger partial charge in [0, 0.05) is 18.0 Å². The highest BCUT2D eigenvalue weighted by Crippen LogP contribution is 2.19. The maximum Gasteiger partial charge on any atom is 0.326 e. The molecule has 1 aliphatic rings. The smallest absolute Gasteiger partial charge is 0.326 e. The van der Waals surface area contributed by atoms with Crippen molar-refractivity contribution < 1.29 is 19.1 Å². The van der Waals surface area contributed by atoms with Crippen LogP contribution < -0.4 is 5.32 Å². The van der Waals surface area contributed by atoms with Gasteiger partial charge in [0.15, 0.2) is 6.61 Å². The standard InChI is InChI=1S/C20H20N2O4S/c23-18(14-26-19(24)13-22-10-11-27-20(22)25)21-17-9-5-4-8-16(17)12-15-6-2-1-3-7-15/h1-9H,10-14H2,(H,21,23). The number of benzene rings is 2. The average Bonchev–Trinajstić information content (AvgIpc) is 3.07. The monoisotopic (exact) mass is 384 g/mol. The number of thioether (sulfide) groups is 1. The van der Waals surface area contributed by atoms with Gasteiger partial charge in [0.25, 0.3) is 11.1 Å². The van der Waals surface area contributed by atoms with Gasteiger partial charge < -0.3 is 15.0 Å². The summed E-state index contributed by atoms with van der Waals surface area (Å²) < 4.78 is 4.99. The Bertz CT molecular complexity index is 826. The van der Waals surface area contributed by atoms with Crippen LogP contribution in [0.5, 0.6) is 0 Å². The van der Waals surface area contributed by atoms with E-state index in [-0.39, 0.29) is 18.4 Å². The molecule has 3 rings (SSSR count). The Morgan fingerprint density at radius 3 is 2.56 bits per heavy atom. The third-order valence-corrected chi connectivity index (χ3v) is 4.95. The van der Waals surface area contributed by atoms with E-state index in [0.29, 0.717) is 24.4 Å². The lowest BCUT2D eigenvalue weighted by Crippen LogP contribution is -2.32. The number of anilines is 1. The number of carbonyl (C=O) groups is 3. The Morgan fingerprint density at radius 2 is 1.81 bits per heavy atom.